The van der Waals surface area contributed by atoms with Gasteiger partial charge >= 0.3 is 0 Å². The van der Waals surface area contributed by atoms with Crippen LogP contribution < -0.4 is 5.32 Å². The highest BCUT2D eigenvalue weighted by molar-refractivity contribution is 14.0. The highest BCUT2D eigenvalue weighted by Crippen LogP contribution is 2.17. The van der Waals surface area contributed by atoms with Crippen LogP contribution in [0.25, 0.3) is 0 Å². The molecule has 1 unspecified atom stereocenters. The number of halogens is 1. The number of aromatic nitrogens is 2. The van der Waals surface area contributed by atoms with Gasteiger partial charge in [-0.3, -0.25) is 0 Å². The second-order valence-corrected chi connectivity index (χ2v) is 7.39. The monoisotopic (exact) mass is 527 g/mol. The minimum Gasteiger partial charge on any atom is -0.382 e. The Kier molecular flexibility index (Phi) is 11.2. The number of guanidine groups is 1. The molecule has 0 bridgehead atoms. The lowest BCUT2D eigenvalue weighted by Gasteiger charge is -2.21. The van der Waals surface area contributed by atoms with Crippen LogP contribution in [0.4, 0.5) is 0 Å². The summed E-state index contributed by atoms with van der Waals surface area (Å²) in [7, 11) is 1.70. The molecule has 8 heteroatoms. The van der Waals surface area contributed by atoms with Gasteiger partial charge in [0, 0.05) is 51.6 Å². The Bertz CT molecular complexity index is 754. The van der Waals surface area contributed by atoms with E-state index in [2.05, 4.69) is 51.0 Å². The Labute approximate surface area is 196 Å². The van der Waals surface area contributed by atoms with E-state index < -0.39 is 0 Å². The predicted octanol–water partition coefficient (Wildman–Crippen LogP) is 3.00. The number of nitrogens with zero attached hydrogens (tertiary/aromatic N) is 4. The van der Waals surface area contributed by atoms with E-state index in [4.69, 9.17) is 14.5 Å². The van der Waals surface area contributed by atoms with Crippen LogP contribution in [0.15, 0.2) is 48.0 Å². The summed E-state index contributed by atoms with van der Waals surface area (Å²) in [6.07, 6.45) is 6.77. The van der Waals surface area contributed by atoms with Gasteiger partial charge in [0.15, 0.2) is 5.96 Å². The first-order chi connectivity index (χ1) is 14.3. The van der Waals surface area contributed by atoms with Gasteiger partial charge in [-0.1, -0.05) is 24.3 Å². The van der Waals surface area contributed by atoms with Crippen molar-refractivity contribution in [2.24, 2.45) is 10.9 Å². The summed E-state index contributed by atoms with van der Waals surface area (Å²) in [6.45, 7) is 8.59. The summed E-state index contributed by atoms with van der Waals surface area (Å²) in [5, 5.41) is 3.45. The molecule has 1 aliphatic rings. The van der Waals surface area contributed by atoms with E-state index in [0.717, 1.165) is 45.2 Å². The average Bonchev–Trinajstić information content (AvgIpc) is 3.41. The third-order valence-corrected chi connectivity index (χ3v) is 5.03. The van der Waals surface area contributed by atoms with Crippen LogP contribution in [0.3, 0.4) is 0 Å². The number of aliphatic imine (C=N–C) groups is 1. The number of rotatable bonds is 10. The van der Waals surface area contributed by atoms with Crippen molar-refractivity contribution in [2.45, 2.75) is 26.4 Å². The van der Waals surface area contributed by atoms with Gasteiger partial charge < -0.3 is 24.3 Å². The lowest BCUT2D eigenvalue weighted by atomic mass is 10.1. The number of benzene rings is 1. The molecule has 3 rings (SSSR count). The van der Waals surface area contributed by atoms with Crippen molar-refractivity contribution in [2.75, 3.05) is 46.6 Å². The molecule has 2 aromatic rings. The van der Waals surface area contributed by atoms with Gasteiger partial charge in [-0.15, -0.1) is 24.0 Å². The summed E-state index contributed by atoms with van der Waals surface area (Å²) < 4.78 is 12.8. The lowest BCUT2D eigenvalue weighted by molar-refractivity contribution is 0.0536. The molecule has 1 aromatic heterocycles. The maximum Gasteiger partial charge on any atom is 0.194 e. The number of hydrogen-bond acceptors (Lipinski definition) is 4. The first-order valence-corrected chi connectivity index (χ1v) is 10.4. The lowest BCUT2D eigenvalue weighted by Crippen LogP contribution is -2.40. The van der Waals surface area contributed by atoms with E-state index in [-0.39, 0.29) is 24.0 Å². The molecule has 1 N–H and O–H groups in total. The quantitative estimate of drug-likeness (QED) is 0.223. The van der Waals surface area contributed by atoms with Crippen LogP contribution in [-0.2, 0) is 22.6 Å². The number of hydrogen-bond donors (Lipinski definition) is 1. The first kappa shape index (κ1) is 24.6. The van der Waals surface area contributed by atoms with Crippen LogP contribution in [0.1, 0.15) is 24.5 Å². The molecule has 0 saturated carbocycles. The molecular formula is C22H34IN5O2. The highest BCUT2D eigenvalue weighted by atomic mass is 127. The highest BCUT2D eigenvalue weighted by Gasteiger charge is 2.24. The van der Waals surface area contributed by atoms with Crippen LogP contribution in [0, 0.1) is 5.92 Å². The zero-order valence-corrected chi connectivity index (χ0v) is 20.3. The topological polar surface area (TPSA) is 63.9 Å². The largest absolute Gasteiger partial charge is 0.382 e. The molecule has 1 aromatic carbocycles. The second kappa shape index (κ2) is 13.6. The van der Waals surface area contributed by atoms with E-state index in [1.165, 1.54) is 11.1 Å². The summed E-state index contributed by atoms with van der Waals surface area (Å²) in [5.74, 6) is 1.54. The van der Waals surface area contributed by atoms with E-state index in [0.29, 0.717) is 25.7 Å². The van der Waals surface area contributed by atoms with E-state index in [1.54, 1.807) is 7.11 Å². The van der Waals surface area contributed by atoms with Crippen molar-refractivity contribution in [3.8, 4) is 0 Å². The summed E-state index contributed by atoms with van der Waals surface area (Å²) in [5.41, 5.74) is 2.48. The van der Waals surface area contributed by atoms with Gasteiger partial charge in [0.05, 0.1) is 32.7 Å². The van der Waals surface area contributed by atoms with E-state index in [1.807, 2.05) is 18.7 Å². The minimum atomic E-state index is 0. The molecule has 1 aliphatic heterocycles. The van der Waals surface area contributed by atoms with Crippen LogP contribution in [-0.4, -0.2) is 67.0 Å². The molecule has 7 nitrogen and oxygen atoms in total. The van der Waals surface area contributed by atoms with Gasteiger partial charge in [-0.05, 0) is 24.5 Å². The van der Waals surface area contributed by atoms with Crippen LogP contribution in [0.2, 0.25) is 0 Å². The smallest absolute Gasteiger partial charge is 0.194 e. The zero-order chi connectivity index (χ0) is 20.3. The molecule has 0 spiro atoms. The normalized spacial score (nSPS) is 16.5. The van der Waals surface area contributed by atoms with Crippen molar-refractivity contribution in [1.82, 2.24) is 19.8 Å². The summed E-state index contributed by atoms with van der Waals surface area (Å²) in [6, 6.07) is 8.62. The Morgan fingerprint density at radius 2 is 2.17 bits per heavy atom. The molecule has 1 saturated heterocycles. The third kappa shape index (κ3) is 7.88. The van der Waals surface area contributed by atoms with Gasteiger partial charge in [0.1, 0.15) is 0 Å². The minimum absolute atomic E-state index is 0. The molecule has 0 radical (unpaired) electrons. The fourth-order valence-electron chi connectivity index (χ4n) is 3.56. The standard InChI is InChI=1S/C22H33N5O2.HI/c1-3-24-22(27-9-7-21(16-27)17-29-12-11-28-2)25-14-19-5-4-6-20(13-19)15-26-10-8-23-18-26;/h4-6,8,10,13,18,21H,3,7,9,11-12,14-17H2,1-2H3,(H,24,25);1H. The van der Waals surface area contributed by atoms with E-state index in [9.17, 15) is 0 Å². The number of likely N-dealkylation sites (tertiary alicyclic amines) is 1. The number of ether oxygens (including phenoxy) is 2. The number of imidazole rings is 1. The fourth-order valence-corrected chi connectivity index (χ4v) is 3.56. The van der Waals surface area contributed by atoms with Crippen molar-refractivity contribution in [1.29, 1.82) is 0 Å². The first-order valence-electron chi connectivity index (χ1n) is 10.4. The number of methoxy groups -OCH3 is 1. The molecule has 1 fully saturated rings. The zero-order valence-electron chi connectivity index (χ0n) is 18.0. The van der Waals surface area contributed by atoms with Gasteiger partial charge in [-0.2, -0.15) is 0 Å². The maximum absolute atomic E-state index is 5.71. The van der Waals surface area contributed by atoms with E-state index >= 15 is 0 Å². The van der Waals surface area contributed by atoms with Crippen molar-refractivity contribution in [3.05, 3.63) is 54.1 Å². The fraction of sp³-hybridized carbons (Fsp3) is 0.545. The molecule has 2 heterocycles. The Balaban J connectivity index is 0.00000320. The Morgan fingerprint density at radius 3 is 2.93 bits per heavy atom. The van der Waals surface area contributed by atoms with Crippen molar-refractivity contribution in [3.63, 3.8) is 0 Å². The maximum atomic E-state index is 5.71. The number of nitrogens with one attached hydrogen (secondary N) is 1. The van der Waals surface area contributed by atoms with Gasteiger partial charge in [-0.25, -0.2) is 9.98 Å². The molecule has 30 heavy (non-hydrogen) atoms. The Hall–Kier alpha value is -1.65. The van der Waals surface area contributed by atoms with Crippen LogP contribution >= 0.6 is 24.0 Å². The van der Waals surface area contributed by atoms with Crippen molar-refractivity contribution >= 4 is 29.9 Å². The van der Waals surface area contributed by atoms with Crippen molar-refractivity contribution < 1.29 is 9.47 Å². The summed E-state index contributed by atoms with van der Waals surface area (Å²) >= 11 is 0. The van der Waals surface area contributed by atoms with Gasteiger partial charge in [0.25, 0.3) is 0 Å². The second-order valence-electron chi connectivity index (χ2n) is 7.39. The SMILES string of the molecule is CCNC(=NCc1cccc(Cn2ccnc2)c1)N1CCC(COCCOC)C1.I. The third-order valence-electron chi connectivity index (χ3n) is 5.03. The summed E-state index contributed by atoms with van der Waals surface area (Å²) in [4.78, 5) is 11.4. The molecule has 0 aliphatic carbocycles. The van der Waals surface area contributed by atoms with Gasteiger partial charge in [0.2, 0.25) is 0 Å². The average molecular weight is 527 g/mol. The van der Waals surface area contributed by atoms with Crippen LogP contribution in [0.5, 0.6) is 0 Å². The molecule has 0 amide bonds. The molecule has 1 atom stereocenters. The molecule has 166 valence electrons. The Morgan fingerprint density at radius 1 is 1.30 bits per heavy atom. The predicted molar refractivity (Wildman–Crippen MR) is 130 cm³/mol. The molecular weight excluding hydrogens is 493 g/mol.